The predicted molar refractivity (Wildman–Crippen MR) is 97.2 cm³/mol. The van der Waals surface area contributed by atoms with E-state index in [1.807, 2.05) is 62.4 Å². The number of para-hydroxylation sites is 1. The molecule has 0 aliphatic carbocycles. The fraction of sp³-hybridized carbons (Fsp3) is 0.222. The summed E-state index contributed by atoms with van der Waals surface area (Å²) in [5.41, 5.74) is 6.80. The van der Waals surface area contributed by atoms with Crippen molar-refractivity contribution >= 4 is 17.8 Å². The van der Waals surface area contributed by atoms with E-state index in [-0.39, 0.29) is 12.5 Å². The van der Waals surface area contributed by atoms with E-state index in [2.05, 4.69) is 23.2 Å². The highest BCUT2D eigenvalue weighted by molar-refractivity contribution is 5.98. The molecular formula is C18H25N3O. The molecule has 0 atom stereocenters. The number of hydrogen-bond acceptors (Lipinski definition) is 3. The average Bonchev–Trinajstić information content (AvgIpc) is 2.57. The lowest BCUT2D eigenvalue weighted by Gasteiger charge is -2.06. The van der Waals surface area contributed by atoms with Crippen molar-refractivity contribution in [2.75, 3.05) is 18.9 Å². The normalized spacial score (nSPS) is 9.91. The summed E-state index contributed by atoms with van der Waals surface area (Å²) in [5.74, 6) is -0.207. The van der Waals surface area contributed by atoms with Crippen LogP contribution in [0.4, 0.5) is 5.69 Å². The number of nitrogens with two attached hydrogens (primary N) is 1. The Morgan fingerprint density at radius 1 is 1.23 bits per heavy atom. The van der Waals surface area contributed by atoms with Gasteiger partial charge in [0.2, 0.25) is 5.91 Å². The summed E-state index contributed by atoms with van der Waals surface area (Å²) in [6.45, 7) is 3.98. The van der Waals surface area contributed by atoms with Gasteiger partial charge in [-0.05, 0) is 19.9 Å². The lowest BCUT2D eigenvalue weighted by atomic mass is 10.2. The first-order valence-corrected chi connectivity index (χ1v) is 6.78. The second-order valence-electron chi connectivity index (χ2n) is 3.78. The Morgan fingerprint density at radius 3 is 2.23 bits per heavy atom. The fourth-order valence-electron chi connectivity index (χ4n) is 1.29. The number of nitrogens with one attached hydrogen (secondary N) is 1. The van der Waals surface area contributed by atoms with E-state index < -0.39 is 0 Å². The number of amides is 1. The zero-order valence-corrected chi connectivity index (χ0v) is 13.5. The first-order valence-electron chi connectivity index (χ1n) is 6.78. The van der Waals surface area contributed by atoms with E-state index in [4.69, 9.17) is 5.73 Å². The molecule has 0 fully saturated rings. The van der Waals surface area contributed by atoms with Crippen LogP contribution in [-0.2, 0) is 4.79 Å². The zero-order chi connectivity index (χ0) is 17.2. The lowest BCUT2D eigenvalue weighted by Crippen LogP contribution is -2.22. The molecule has 0 saturated heterocycles. The van der Waals surface area contributed by atoms with Gasteiger partial charge >= 0.3 is 0 Å². The molecule has 0 aliphatic heterocycles. The minimum absolute atomic E-state index is 0.0163. The van der Waals surface area contributed by atoms with Crippen molar-refractivity contribution in [3.63, 3.8) is 0 Å². The van der Waals surface area contributed by atoms with Crippen LogP contribution in [0.5, 0.6) is 0 Å². The molecule has 0 saturated carbocycles. The van der Waals surface area contributed by atoms with Crippen LogP contribution in [0.3, 0.4) is 0 Å². The number of rotatable bonds is 4. The average molecular weight is 299 g/mol. The Bertz CT molecular complexity index is 504. The Labute approximate surface area is 133 Å². The number of hydrogen-bond donors (Lipinski definition) is 2. The Kier molecular flexibility index (Phi) is 16.2. The largest absolute Gasteiger partial charge is 0.324 e. The summed E-state index contributed by atoms with van der Waals surface area (Å²) >= 11 is 0. The van der Waals surface area contributed by atoms with Gasteiger partial charge in [0.15, 0.2) is 0 Å². The number of terminal acetylenes is 1. The summed E-state index contributed by atoms with van der Waals surface area (Å²) in [4.78, 5) is 14.9. The maximum atomic E-state index is 11.1. The van der Waals surface area contributed by atoms with Crippen molar-refractivity contribution in [2.45, 2.75) is 13.8 Å². The van der Waals surface area contributed by atoms with Crippen molar-refractivity contribution in [3.05, 3.63) is 54.1 Å². The van der Waals surface area contributed by atoms with Crippen LogP contribution in [0.15, 0.2) is 53.6 Å². The van der Waals surface area contributed by atoms with Crippen LogP contribution in [-0.4, -0.2) is 25.7 Å². The second kappa shape index (κ2) is 16.4. The molecular weight excluding hydrogens is 274 g/mol. The third kappa shape index (κ3) is 11.2. The van der Waals surface area contributed by atoms with Gasteiger partial charge in [-0.1, -0.05) is 42.5 Å². The van der Waals surface area contributed by atoms with E-state index in [0.29, 0.717) is 0 Å². The number of carbonyl (C=O) groups excluding carboxylic acids is 1. The minimum Gasteiger partial charge on any atom is -0.324 e. The van der Waals surface area contributed by atoms with E-state index in [0.717, 1.165) is 11.3 Å². The number of benzene rings is 1. The molecule has 0 spiro atoms. The topological polar surface area (TPSA) is 67.5 Å². The third-order valence-electron chi connectivity index (χ3n) is 2.18. The van der Waals surface area contributed by atoms with Crippen LogP contribution < -0.4 is 11.1 Å². The fourth-order valence-corrected chi connectivity index (χ4v) is 1.29. The summed E-state index contributed by atoms with van der Waals surface area (Å²) in [6.07, 6.45) is 17.7. The standard InChI is InChI=1S/C10H13N3O.C6H10.C2H2/c1-12-7-8-4-2-3-5-9(8)13-10(14)6-11;1-3-5-6-4-2;1-2/h2-5,7H,6,11H2,1H3,(H,13,14);3-6H,1-2H3;1-2H/b;5-3-,6-4-;. The van der Waals surface area contributed by atoms with Crippen molar-refractivity contribution in [3.8, 4) is 12.8 Å². The third-order valence-corrected chi connectivity index (χ3v) is 2.18. The molecule has 3 N–H and O–H groups in total. The van der Waals surface area contributed by atoms with E-state index in [1.165, 1.54) is 0 Å². The molecule has 0 radical (unpaired) electrons. The maximum absolute atomic E-state index is 11.1. The van der Waals surface area contributed by atoms with Gasteiger partial charge in [-0.25, -0.2) is 0 Å². The van der Waals surface area contributed by atoms with Crippen LogP contribution in [0.2, 0.25) is 0 Å². The molecule has 0 aliphatic rings. The molecule has 0 unspecified atom stereocenters. The van der Waals surface area contributed by atoms with Crippen molar-refractivity contribution in [1.82, 2.24) is 0 Å². The maximum Gasteiger partial charge on any atom is 0.238 e. The van der Waals surface area contributed by atoms with E-state index >= 15 is 0 Å². The Morgan fingerprint density at radius 2 is 1.77 bits per heavy atom. The second-order valence-corrected chi connectivity index (χ2v) is 3.78. The van der Waals surface area contributed by atoms with Crippen molar-refractivity contribution < 1.29 is 4.79 Å². The monoisotopic (exact) mass is 299 g/mol. The van der Waals surface area contributed by atoms with Gasteiger partial charge < -0.3 is 11.1 Å². The van der Waals surface area contributed by atoms with Crippen LogP contribution in [0.1, 0.15) is 19.4 Å². The zero-order valence-electron chi connectivity index (χ0n) is 13.5. The lowest BCUT2D eigenvalue weighted by molar-refractivity contribution is -0.114. The van der Waals surface area contributed by atoms with Gasteiger partial charge in [-0.15, -0.1) is 12.8 Å². The summed E-state index contributed by atoms with van der Waals surface area (Å²) in [5, 5.41) is 2.69. The first kappa shape index (κ1) is 21.7. The molecule has 1 rings (SSSR count). The Hall–Kier alpha value is -2.64. The van der Waals surface area contributed by atoms with Gasteiger partial charge in [0.05, 0.1) is 6.54 Å². The minimum atomic E-state index is -0.207. The SMILES string of the molecule is C#C.C/C=C\C=C/C.CN=Cc1ccccc1NC(=O)CN. The summed E-state index contributed by atoms with van der Waals surface area (Å²) < 4.78 is 0. The highest BCUT2D eigenvalue weighted by Crippen LogP contribution is 2.12. The highest BCUT2D eigenvalue weighted by Gasteiger charge is 2.02. The van der Waals surface area contributed by atoms with Gasteiger partial charge in [-0.3, -0.25) is 9.79 Å². The number of aliphatic imine (C=N–C) groups is 1. The molecule has 0 heterocycles. The molecule has 4 nitrogen and oxygen atoms in total. The Balaban J connectivity index is 0. The molecule has 1 aromatic carbocycles. The van der Waals surface area contributed by atoms with Gasteiger partial charge in [0, 0.05) is 24.5 Å². The molecule has 22 heavy (non-hydrogen) atoms. The summed E-state index contributed by atoms with van der Waals surface area (Å²) in [6, 6.07) is 7.41. The molecule has 118 valence electrons. The number of nitrogens with zero attached hydrogens (tertiary/aromatic N) is 1. The van der Waals surface area contributed by atoms with Crippen molar-refractivity contribution in [1.29, 1.82) is 0 Å². The number of allylic oxidation sites excluding steroid dienone is 4. The van der Waals surface area contributed by atoms with Crippen LogP contribution in [0.25, 0.3) is 0 Å². The van der Waals surface area contributed by atoms with Crippen LogP contribution in [0, 0.1) is 12.8 Å². The van der Waals surface area contributed by atoms with Crippen LogP contribution >= 0.6 is 0 Å². The molecule has 1 aromatic rings. The molecule has 0 aromatic heterocycles. The first-order chi connectivity index (χ1) is 10.7. The summed E-state index contributed by atoms with van der Waals surface area (Å²) in [7, 11) is 1.68. The highest BCUT2D eigenvalue weighted by atomic mass is 16.1. The van der Waals surface area contributed by atoms with E-state index in [1.54, 1.807) is 13.3 Å². The quantitative estimate of drug-likeness (QED) is 0.510. The molecule has 1 amide bonds. The van der Waals surface area contributed by atoms with Crippen molar-refractivity contribution in [2.24, 2.45) is 10.7 Å². The smallest absolute Gasteiger partial charge is 0.238 e. The predicted octanol–water partition coefficient (Wildman–Crippen LogP) is 3.02. The van der Waals surface area contributed by atoms with Gasteiger partial charge in [0.1, 0.15) is 0 Å². The molecule has 0 bridgehead atoms. The number of carbonyl (C=O) groups is 1. The van der Waals surface area contributed by atoms with E-state index in [9.17, 15) is 4.79 Å². The van der Waals surface area contributed by atoms with Gasteiger partial charge in [-0.2, -0.15) is 0 Å². The number of anilines is 1. The van der Waals surface area contributed by atoms with Gasteiger partial charge in [0.25, 0.3) is 0 Å². The molecule has 4 heteroatoms.